The number of rotatable bonds is 2. The van der Waals surface area contributed by atoms with E-state index < -0.39 is 0 Å². The average Bonchev–Trinajstić information content (AvgIpc) is 2.63. The molecule has 0 bridgehead atoms. The summed E-state index contributed by atoms with van der Waals surface area (Å²) in [4.78, 5) is 0.365. The highest BCUT2D eigenvalue weighted by molar-refractivity contribution is 7.06. The van der Waals surface area contributed by atoms with Crippen LogP contribution < -0.4 is 4.80 Å². The maximum Gasteiger partial charge on any atom is 0.204 e. The highest BCUT2D eigenvalue weighted by Crippen LogP contribution is 2.09. The Balaban J connectivity index is 2.24. The first-order valence-electron chi connectivity index (χ1n) is 4.04. The molecule has 0 fully saturated rings. The zero-order valence-corrected chi connectivity index (χ0v) is 8.11. The van der Waals surface area contributed by atoms with E-state index in [-0.39, 0.29) is 0 Å². The van der Waals surface area contributed by atoms with E-state index in [9.17, 15) is 0 Å². The van der Waals surface area contributed by atoms with Crippen molar-refractivity contribution in [1.82, 2.24) is 4.68 Å². The minimum Gasteiger partial charge on any atom is -0.273 e. The molecular formula is C9H8N4S. The van der Waals surface area contributed by atoms with E-state index in [4.69, 9.17) is 5.41 Å². The van der Waals surface area contributed by atoms with Crippen LogP contribution in [0, 0.1) is 5.41 Å². The third-order valence-electron chi connectivity index (χ3n) is 1.60. The number of thiazole rings is 1. The fraction of sp³-hybridized carbons (Fsp3) is 0. The van der Waals surface area contributed by atoms with Crippen LogP contribution in [-0.4, -0.2) is 4.68 Å². The topological polar surface area (TPSA) is 53.5 Å². The summed E-state index contributed by atoms with van der Waals surface area (Å²) in [6.45, 7) is 0. The number of benzene rings is 1. The predicted octanol–water partition coefficient (Wildman–Crippen LogP) is 2.58. The first-order valence-corrected chi connectivity index (χ1v) is 4.92. The molecule has 2 aromatic rings. The molecule has 1 aromatic carbocycles. The Kier molecular flexibility index (Phi) is 2.51. The first kappa shape index (κ1) is 8.83. The van der Waals surface area contributed by atoms with Gasteiger partial charge in [-0.25, -0.2) is 0 Å². The van der Waals surface area contributed by atoms with Gasteiger partial charge in [0, 0.05) is 11.6 Å². The second kappa shape index (κ2) is 3.97. The van der Waals surface area contributed by atoms with Crippen LogP contribution in [0.2, 0.25) is 0 Å². The van der Waals surface area contributed by atoms with E-state index in [1.165, 1.54) is 16.0 Å². The molecule has 0 aliphatic rings. The molecule has 0 aliphatic heterocycles. The van der Waals surface area contributed by atoms with Gasteiger partial charge in [-0.3, -0.25) is 5.41 Å². The van der Waals surface area contributed by atoms with Gasteiger partial charge in [0.1, 0.15) is 0 Å². The molecule has 1 N–H and O–H groups in total. The van der Waals surface area contributed by atoms with Crippen LogP contribution in [0.1, 0.15) is 0 Å². The molecule has 5 heteroatoms. The van der Waals surface area contributed by atoms with Gasteiger partial charge in [0.2, 0.25) is 4.80 Å². The highest BCUT2D eigenvalue weighted by atomic mass is 32.1. The molecule has 1 heterocycles. The van der Waals surface area contributed by atoms with Crippen molar-refractivity contribution in [3.63, 3.8) is 0 Å². The third-order valence-corrected chi connectivity index (χ3v) is 2.27. The number of aromatic nitrogens is 1. The minimum atomic E-state index is 0.365. The van der Waals surface area contributed by atoms with E-state index in [0.717, 1.165) is 5.69 Å². The van der Waals surface area contributed by atoms with Crippen LogP contribution in [-0.2, 0) is 0 Å². The van der Waals surface area contributed by atoms with Gasteiger partial charge in [0.15, 0.2) is 0 Å². The number of hydrogen-bond donors (Lipinski definition) is 1. The summed E-state index contributed by atoms with van der Waals surface area (Å²) in [7, 11) is 0. The van der Waals surface area contributed by atoms with Crippen molar-refractivity contribution in [2.24, 2.45) is 10.3 Å². The van der Waals surface area contributed by atoms with E-state index in [0.29, 0.717) is 4.80 Å². The number of nitrogens with zero attached hydrogens (tertiary/aromatic N) is 3. The largest absolute Gasteiger partial charge is 0.273 e. The van der Waals surface area contributed by atoms with Crippen LogP contribution >= 0.6 is 11.3 Å². The Hall–Kier alpha value is -1.75. The van der Waals surface area contributed by atoms with Crippen LogP contribution in [0.15, 0.2) is 52.2 Å². The lowest BCUT2D eigenvalue weighted by Gasteiger charge is -1.90. The molecule has 14 heavy (non-hydrogen) atoms. The van der Waals surface area contributed by atoms with Gasteiger partial charge < -0.3 is 0 Å². The van der Waals surface area contributed by atoms with Gasteiger partial charge in [-0.05, 0) is 12.1 Å². The number of nitrogens with one attached hydrogen (secondary N) is 1. The van der Waals surface area contributed by atoms with Gasteiger partial charge in [-0.1, -0.05) is 23.4 Å². The van der Waals surface area contributed by atoms with Crippen LogP contribution in [0.3, 0.4) is 0 Å². The van der Waals surface area contributed by atoms with Crippen LogP contribution in [0.25, 0.3) is 0 Å². The standard InChI is InChI=1S/C9H8N4S/c10-9-13(6-7-14-9)12-11-8-4-2-1-3-5-8/h1-7,10H. The van der Waals surface area contributed by atoms with Crippen molar-refractivity contribution in [1.29, 1.82) is 5.41 Å². The van der Waals surface area contributed by atoms with Crippen molar-refractivity contribution in [3.8, 4) is 0 Å². The minimum absolute atomic E-state index is 0.365. The Morgan fingerprint density at radius 3 is 2.64 bits per heavy atom. The summed E-state index contributed by atoms with van der Waals surface area (Å²) in [5.74, 6) is 0. The molecule has 0 radical (unpaired) electrons. The summed E-state index contributed by atoms with van der Waals surface area (Å²) in [6.07, 6.45) is 1.71. The molecule has 4 nitrogen and oxygen atoms in total. The van der Waals surface area contributed by atoms with E-state index in [1.807, 2.05) is 30.3 Å². The fourth-order valence-corrected chi connectivity index (χ4v) is 1.45. The Bertz CT molecular complexity index is 483. The zero-order chi connectivity index (χ0) is 9.80. The maximum atomic E-state index is 7.44. The quantitative estimate of drug-likeness (QED) is 0.731. The molecule has 1 aromatic heterocycles. The third kappa shape index (κ3) is 1.94. The second-order valence-electron chi connectivity index (χ2n) is 2.58. The lowest BCUT2D eigenvalue weighted by atomic mass is 10.3. The van der Waals surface area contributed by atoms with Crippen molar-refractivity contribution in [2.45, 2.75) is 0 Å². The first-order chi connectivity index (χ1) is 6.86. The zero-order valence-electron chi connectivity index (χ0n) is 7.29. The van der Waals surface area contributed by atoms with E-state index >= 15 is 0 Å². The summed E-state index contributed by atoms with van der Waals surface area (Å²) in [6, 6.07) is 9.44. The van der Waals surface area contributed by atoms with Gasteiger partial charge in [-0.2, -0.15) is 4.68 Å². The van der Waals surface area contributed by atoms with Crippen LogP contribution in [0.4, 0.5) is 5.69 Å². The molecule has 0 atom stereocenters. The monoisotopic (exact) mass is 204 g/mol. The second-order valence-corrected chi connectivity index (χ2v) is 3.47. The summed E-state index contributed by atoms with van der Waals surface area (Å²) >= 11 is 1.32. The van der Waals surface area contributed by atoms with Crippen molar-refractivity contribution in [2.75, 3.05) is 0 Å². The maximum absolute atomic E-state index is 7.44. The van der Waals surface area contributed by atoms with Crippen molar-refractivity contribution < 1.29 is 0 Å². The smallest absolute Gasteiger partial charge is 0.204 e. The van der Waals surface area contributed by atoms with Gasteiger partial charge in [-0.15, -0.1) is 16.5 Å². The predicted molar refractivity (Wildman–Crippen MR) is 54.5 cm³/mol. The molecule has 0 saturated carbocycles. The van der Waals surface area contributed by atoms with Crippen molar-refractivity contribution >= 4 is 17.0 Å². The fourth-order valence-electron chi connectivity index (χ4n) is 0.939. The molecule has 0 spiro atoms. The lowest BCUT2D eigenvalue weighted by molar-refractivity contribution is 0.764. The van der Waals surface area contributed by atoms with Gasteiger partial charge in [0.05, 0.1) is 5.69 Å². The van der Waals surface area contributed by atoms with E-state index in [2.05, 4.69) is 10.3 Å². The Labute approximate surface area is 84.7 Å². The van der Waals surface area contributed by atoms with Gasteiger partial charge >= 0.3 is 0 Å². The van der Waals surface area contributed by atoms with Crippen LogP contribution in [0.5, 0.6) is 0 Å². The van der Waals surface area contributed by atoms with Gasteiger partial charge in [0.25, 0.3) is 0 Å². The SMILES string of the molecule is N=c1sccn1N=Nc1ccccc1. The normalized spacial score (nSPS) is 10.9. The average molecular weight is 204 g/mol. The molecule has 0 amide bonds. The summed E-state index contributed by atoms with van der Waals surface area (Å²) < 4.78 is 1.43. The molecule has 0 aliphatic carbocycles. The highest BCUT2D eigenvalue weighted by Gasteiger charge is 1.89. The molecule has 0 unspecified atom stereocenters. The Morgan fingerprint density at radius 1 is 1.21 bits per heavy atom. The number of hydrogen-bond acceptors (Lipinski definition) is 4. The lowest BCUT2D eigenvalue weighted by Crippen LogP contribution is -2.04. The molecule has 2 rings (SSSR count). The molecule has 70 valence electrons. The summed E-state index contributed by atoms with van der Waals surface area (Å²) in [5, 5.41) is 17.1. The summed E-state index contributed by atoms with van der Waals surface area (Å²) in [5.41, 5.74) is 0.783. The Morgan fingerprint density at radius 2 is 2.00 bits per heavy atom. The van der Waals surface area contributed by atoms with Crippen molar-refractivity contribution in [3.05, 3.63) is 46.7 Å². The molecule has 0 saturated heterocycles. The molecular weight excluding hydrogens is 196 g/mol. The van der Waals surface area contributed by atoms with E-state index in [1.54, 1.807) is 11.6 Å².